The van der Waals surface area contributed by atoms with Gasteiger partial charge in [-0.2, -0.15) is 0 Å². The second kappa shape index (κ2) is 5.47. The highest BCUT2D eigenvalue weighted by Gasteiger charge is 2.03. The Labute approximate surface area is 113 Å². The van der Waals surface area contributed by atoms with E-state index in [0.29, 0.717) is 11.0 Å². The Bertz CT molecular complexity index is 531. The molecule has 0 aliphatic rings. The summed E-state index contributed by atoms with van der Waals surface area (Å²) >= 11 is 9.27. The van der Waals surface area contributed by atoms with E-state index in [9.17, 15) is 0 Å². The van der Waals surface area contributed by atoms with Gasteiger partial charge in [0.15, 0.2) is 0 Å². The third kappa shape index (κ3) is 3.17. The average molecular weight is 313 g/mol. The van der Waals surface area contributed by atoms with Crippen LogP contribution >= 0.6 is 27.5 Å². The first-order valence-electron chi connectivity index (χ1n) is 5.22. The Hall–Kier alpha value is -1.13. The molecule has 17 heavy (non-hydrogen) atoms. The van der Waals surface area contributed by atoms with Crippen LogP contribution in [0.3, 0.4) is 0 Å². The molecule has 0 unspecified atom stereocenters. The van der Waals surface area contributed by atoms with Crippen molar-refractivity contribution in [1.29, 1.82) is 0 Å². The predicted molar refractivity (Wildman–Crippen MR) is 73.8 cm³/mol. The van der Waals surface area contributed by atoms with Gasteiger partial charge in [0.05, 0.1) is 0 Å². The lowest BCUT2D eigenvalue weighted by molar-refractivity contribution is 1.12. The fourth-order valence-corrected chi connectivity index (χ4v) is 2.07. The molecule has 1 aromatic carbocycles. The molecule has 5 heteroatoms. The molecule has 1 N–H and O–H groups in total. The molecule has 88 valence electrons. The maximum atomic E-state index is 5.81. The van der Waals surface area contributed by atoms with E-state index in [-0.39, 0.29) is 0 Å². The first-order chi connectivity index (χ1) is 8.19. The van der Waals surface area contributed by atoms with Crippen LogP contribution in [0, 0.1) is 0 Å². The standard InChI is InChI=1S/C12H11BrClN3/c1-2-8-5-9(13)3-4-10(8)17-12-6-11(14)15-7-16-12/h3-7H,2H2,1H3,(H,15,16,17). The van der Waals surface area contributed by atoms with Gasteiger partial charge < -0.3 is 5.32 Å². The number of aromatic nitrogens is 2. The van der Waals surface area contributed by atoms with Crippen LogP contribution < -0.4 is 5.32 Å². The van der Waals surface area contributed by atoms with Gasteiger partial charge in [0.25, 0.3) is 0 Å². The number of aryl methyl sites for hydroxylation is 1. The second-order valence-corrected chi connectivity index (χ2v) is 4.81. The van der Waals surface area contributed by atoms with Gasteiger partial charge in [0.1, 0.15) is 17.3 Å². The maximum Gasteiger partial charge on any atom is 0.135 e. The van der Waals surface area contributed by atoms with E-state index in [1.54, 1.807) is 6.07 Å². The maximum absolute atomic E-state index is 5.81. The van der Waals surface area contributed by atoms with Gasteiger partial charge in [0, 0.05) is 16.2 Å². The third-order valence-corrected chi connectivity index (χ3v) is 3.04. The minimum Gasteiger partial charge on any atom is -0.340 e. The van der Waals surface area contributed by atoms with Gasteiger partial charge in [-0.3, -0.25) is 0 Å². The molecule has 0 aliphatic heterocycles. The number of hydrogen-bond acceptors (Lipinski definition) is 3. The monoisotopic (exact) mass is 311 g/mol. The van der Waals surface area contributed by atoms with Gasteiger partial charge in [-0.1, -0.05) is 34.5 Å². The van der Waals surface area contributed by atoms with Crippen molar-refractivity contribution >= 4 is 39.0 Å². The van der Waals surface area contributed by atoms with Gasteiger partial charge in [-0.05, 0) is 30.2 Å². The van der Waals surface area contributed by atoms with Gasteiger partial charge in [-0.25, -0.2) is 9.97 Å². The van der Waals surface area contributed by atoms with Crippen LogP contribution in [-0.4, -0.2) is 9.97 Å². The van der Waals surface area contributed by atoms with Crippen LogP contribution in [0.1, 0.15) is 12.5 Å². The Kier molecular flexibility index (Phi) is 3.97. The molecule has 0 radical (unpaired) electrons. The van der Waals surface area contributed by atoms with Crippen LogP contribution in [-0.2, 0) is 6.42 Å². The molecule has 0 amide bonds. The van der Waals surface area contributed by atoms with Crippen LogP contribution in [0.25, 0.3) is 0 Å². The number of benzene rings is 1. The fourth-order valence-electron chi connectivity index (χ4n) is 1.52. The Morgan fingerprint density at radius 1 is 1.29 bits per heavy atom. The largest absolute Gasteiger partial charge is 0.340 e. The summed E-state index contributed by atoms with van der Waals surface area (Å²) in [6.07, 6.45) is 2.38. The molecule has 0 atom stereocenters. The molecule has 1 aromatic heterocycles. The van der Waals surface area contributed by atoms with E-state index in [0.717, 1.165) is 16.6 Å². The van der Waals surface area contributed by atoms with Crippen molar-refractivity contribution < 1.29 is 0 Å². The summed E-state index contributed by atoms with van der Waals surface area (Å²) in [6, 6.07) is 7.79. The zero-order valence-electron chi connectivity index (χ0n) is 9.24. The first-order valence-corrected chi connectivity index (χ1v) is 6.39. The topological polar surface area (TPSA) is 37.8 Å². The molecule has 2 rings (SSSR count). The average Bonchev–Trinajstić information content (AvgIpc) is 2.31. The molecule has 0 bridgehead atoms. The van der Waals surface area contributed by atoms with Gasteiger partial charge in [-0.15, -0.1) is 0 Å². The molecule has 0 spiro atoms. The van der Waals surface area contributed by atoms with E-state index in [2.05, 4.69) is 44.2 Å². The van der Waals surface area contributed by atoms with Gasteiger partial charge in [0.2, 0.25) is 0 Å². The zero-order valence-corrected chi connectivity index (χ0v) is 11.6. The second-order valence-electron chi connectivity index (χ2n) is 3.51. The molecular formula is C12H11BrClN3. The summed E-state index contributed by atoms with van der Waals surface area (Å²) in [7, 11) is 0. The van der Waals surface area contributed by atoms with Crippen molar-refractivity contribution in [2.24, 2.45) is 0 Å². The van der Waals surface area contributed by atoms with Crippen molar-refractivity contribution in [3.8, 4) is 0 Å². The first kappa shape index (κ1) is 12.3. The molecule has 0 saturated heterocycles. The Balaban J connectivity index is 2.29. The highest BCUT2D eigenvalue weighted by atomic mass is 79.9. The van der Waals surface area contributed by atoms with Crippen molar-refractivity contribution in [1.82, 2.24) is 9.97 Å². The highest BCUT2D eigenvalue weighted by molar-refractivity contribution is 9.10. The molecule has 3 nitrogen and oxygen atoms in total. The van der Waals surface area contributed by atoms with E-state index in [4.69, 9.17) is 11.6 Å². The number of nitrogens with one attached hydrogen (secondary N) is 1. The lowest BCUT2D eigenvalue weighted by atomic mass is 10.1. The number of nitrogens with zero attached hydrogens (tertiary/aromatic N) is 2. The van der Waals surface area contributed by atoms with Crippen LogP contribution in [0.15, 0.2) is 35.1 Å². The normalized spacial score (nSPS) is 10.3. The third-order valence-electron chi connectivity index (χ3n) is 2.34. The molecular weight excluding hydrogens is 302 g/mol. The molecule has 0 aliphatic carbocycles. The number of halogens is 2. The van der Waals surface area contributed by atoms with E-state index in [1.807, 2.05) is 12.1 Å². The molecule has 0 saturated carbocycles. The van der Waals surface area contributed by atoms with Crippen molar-refractivity contribution in [2.75, 3.05) is 5.32 Å². The summed E-state index contributed by atoms with van der Waals surface area (Å²) in [5.74, 6) is 0.696. The SMILES string of the molecule is CCc1cc(Br)ccc1Nc1cc(Cl)ncn1. The summed E-state index contributed by atoms with van der Waals surface area (Å²) in [5, 5.41) is 3.66. The molecule has 0 fully saturated rings. The number of hydrogen-bond donors (Lipinski definition) is 1. The van der Waals surface area contributed by atoms with Crippen molar-refractivity contribution in [3.05, 3.63) is 45.8 Å². The lowest BCUT2D eigenvalue weighted by Crippen LogP contribution is -1.97. The summed E-state index contributed by atoms with van der Waals surface area (Å²) in [4.78, 5) is 7.96. The lowest BCUT2D eigenvalue weighted by Gasteiger charge is -2.10. The van der Waals surface area contributed by atoms with Crippen LogP contribution in [0.5, 0.6) is 0 Å². The predicted octanol–water partition coefficient (Wildman–Crippen LogP) is 4.20. The summed E-state index contributed by atoms with van der Waals surface area (Å²) in [5.41, 5.74) is 2.25. The van der Waals surface area contributed by atoms with Gasteiger partial charge >= 0.3 is 0 Å². The van der Waals surface area contributed by atoms with Crippen molar-refractivity contribution in [2.45, 2.75) is 13.3 Å². The highest BCUT2D eigenvalue weighted by Crippen LogP contribution is 2.24. The molecule has 1 heterocycles. The van der Waals surface area contributed by atoms with Crippen molar-refractivity contribution in [3.63, 3.8) is 0 Å². The smallest absolute Gasteiger partial charge is 0.135 e. The van der Waals surface area contributed by atoms with Crippen LogP contribution in [0.4, 0.5) is 11.5 Å². The van der Waals surface area contributed by atoms with E-state index < -0.39 is 0 Å². The zero-order chi connectivity index (χ0) is 12.3. The summed E-state index contributed by atoms with van der Waals surface area (Å²) in [6.45, 7) is 2.11. The summed E-state index contributed by atoms with van der Waals surface area (Å²) < 4.78 is 1.07. The van der Waals surface area contributed by atoms with E-state index in [1.165, 1.54) is 11.9 Å². The Morgan fingerprint density at radius 3 is 2.82 bits per heavy atom. The quantitative estimate of drug-likeness (QED) is 0.863. The number of rotatable bonds is 3. The minimum absolute atomic E-state index is 0.428. The van der Waals surface area contributed by atoms with Crippen LogP contribution in [0.2, 0.25) is 5.15 Å². The fraction of sp³-hybridized carbons (Fsp3) is 0.167. The molecule has 2 aromatic rings. The van der Waals surface area contributed by atoms with E-state index >= 15 is 0 Å². The minimum atomic E-state index is 0.428. The number of anilines is 2. The Morgan fingerprint density at radius 2 is 2.12 bits per heavy atom.